The van der Waals surface area contributed by atoms with E-state index in [0.717, 1.165) is 13.1 Å². The van der Waals surface area contributed by atoms with Crippen LogP contribution in [0.2, 0.25) is 15.1 Å². The number of nitrogens with zero attached hydrogens (tertiary/aromatic N) is 6. The number of hydrogen-bond acceptors (Lipinski definition) is 6. The van der Waals surface area contributed by atoms with Gasteiger partial charge in [-0.3, -0.25) is 0 Å². The fourth-order valence-electron chi connectivity index (χ4n) is 3.21. The van der Waals surface area contributed by atoms with Crippen LogP contribution in [0, 0.1) is 17.7 Å². The summed E-state index contributed by atoms with van der Waals surface area (Å²) in [5.74, 6) is 6.75. The van der Waals surface area contributed by atoms with Crippen LogP contribution in [0.25, 0.3) is 22.1 Å². The molecule has 0 radical (unpaired) electrons. The Morgan fingerprint density at radius 2 is 1.82 bits per heavy atom. The van der Waals surface area contributed by atoms with E-state index in [0.29, 0.717) is 37.3 Å². The van der Waals surface area contributed by atoms with Gasteiger partial charge < -0.3 is 4.90 Å². The molecule has 4 rings (SSSR count). The van der Waals surface area contributed by atoms with Gasteiger partial charge in [-0.2, -0.15) is 5.10 Å². The molecule has 1 aromatic carbocycles. The lowest BCUT2D eigenvalue weighted by atomic mass is 10.2. The highest BCUT2D eigenvalue weighted by Gasteiger charge is 2.23. The first-order chi connectivity index (χ1) is 16.3. The SMILES string of the molecule is CCN(CC)c1nccc(C#Cc2sc(-c3nc(-c4c(F)cccc4Cl)nn3C)c(Cl)c2Cl)n1. The Hall–Kier alpha value is -2.70. The molecule has 6 nitrogen and oxygen atoms in total. The molecule has 0 bridgehead atoms. The summed E-state index contributed by atoms with van der Waals surface area (Å²) in [4.78, 5) is 16.4. The number of rotatable bonds is 5. The Balaban J connectivity index is 1.70. The van der Waals surface area contributed by atoms with E-state index in [2.05, 4.69) is 31.9 Å². The highest BCUT2D eigenvalue weighted by atomic mass is 35.5. The third kappa shape index (κ3) is 4.75. The van der Waals surface area contributed by atoms with Gasteiger partial charge in [0.2, 0.25) is 5.95 Å². The van der Waals surface area contributed by atoms with Crippen molar-refractivity contribution in [1.82, 2.24) is 24.7 Å². The molecular weight excluding hydrogens is 518 g/mol. The highest BCUT2D eigenvalue weighted by molar-refractivity contribution is 7.17. The summed E-state index contributed by atoms with van der Waals surface area (Å²) in [6, 6.07) is 6.14. The largest absolute Gasteiger partial charge is 0.341 e. The van der Waals surface area contributed by atoms with E-state index in [-0.39, 0.29) is 16.4 Å². The first kappa shape index (κ1) is 24.4. The Bertz CT molecular complexity index is 1400. The molecule has 0 saturated carbocycles. The third-order valence-corrected chi connectivity index (χ3v) is 7.43. The van der Waals surface area contributed by atoms with Gasteiger partial charge in [0.05, 0.1) is 30.4 Å². The standard InChI is InChI=1S/C23H18Cl3FN6S/c1-4-33(5-2)23-28-12-11-13(29-23)9-10-16-18(25)19(26)20(34-16)22-30-21(31-32(22)3)17-14(24)7-6-8-15(17)27/h6-8,11-12H,4-5H2,1-3H3. The van der Waals surface area contributed by atoms with Crippen molar-refractivity contribution in [3.8, 4) is 33.9 Å². The third-order valence-electron chi connectivity index (χ3n) is 4.94. The van der Waals surface area contributed by atoms with Crippen LogP contribution in [-0.2, 0) is 7.05 Å². The second-order valence-electron chi connectivity index (χ2n) is 7.03. The molecule has 0 saturated heterocycles. The Morgan fingerprint density at radius 3 is 2.53 bits per heavy atom. The second kappa shape index (κ2) is 10.3. The van der Waals surface area contributed by atoms with Crippen molar-refractivity contribution in [3.05, 3.63) is 61.9 Å². The Labute approximate surface area is 215 Å². The van der Waals surface area contributed by atoms with Gasteiger partial charge in [-0.1, -0.05) is 40.9 Å². The number of halogens is 4. The average Bonchev–Trinajstić information content (AvgIpc) is 3.32. The first-order valence-corrected chi connectivity index (χ1v) is 12.2. The maximum atomic E-state index is 14.4. The number of aryl methyl sites for hydroxylation is 1. The van der Waals surface area contributed by atoms with Crippen molar-refractivity contribution in [2.24, 2.45) is 7.05 Å². The lowest BCUT2D eigenvalue weighted by Crippen LogP contribution is -2.24. The summed E-state index contributed by atoms with van der Waals surface area (Å²) >= 11 is 20.4. The van der Waals surface area contributed by atoms with Crippen molar-refractivity contribution >= 4 is 52.1 Å². The topological polar surface area (TPSA) is 59.7 Å². The van der Waals surface area contributed by atoms with Gasteiger partial charge >= 0.3 is 0 Å². The molecule has 0 aliphatic carbocycles. The molecule has 174 valence electrons. The predicted molar refractivity (Wildman–Crippen MR) is 136 cm³/mol. The van der Waals surface area contributed by atoms with Crippen LogP contribution in [0.3, 0.4) is 0 Å². The molecule has 3 heterocycles. The molecule has 0 N–H and O–H groups in total. The number of benzene rings is 1. The molecule has 0 spiro atoms. The van der Waals surface area contributed by atoms with Gasteiger partial charge in [0.1, 0.15) is 11.5 Å². The summed E-state index contributed by atoms with van der Waals surface area (Å²) in [7, 11) is 1.69. The van der Waals surface area contributed by atoms with Crippen LogP contribution < -0.4 is 4.90 Å². The minimum atomic E-state index is -0.513. The molecule has 0 aliphatic heterocycles. The minimum Gasteiger partial charge on any atom is -0.341 e. The van der Waals surface area contributed by atoms with Gasteiger partial charge in [-0.05, 0) is 43.9 Å². The normalized spacial score (nSPS) is 10.8. The minimum absolute atomic E-state index is 0.123. The van der Waals surface area contributed by atoms with Crippen LogP contribution in [0.4, 0.5) is 10.3 Å². The summed E-state index contributed by atoms with van der Waals surface area (Å²) in [6.45, 7) is 5.66. The highest BCUT2D eigenvalue weighted by Crippen LogP contribution is 2.43. The van der Waals surface area contributed by atoms with E-state index in [1.165, 1.54) is 28.2 Å². The predicted octanol–water partition coefficient (Wildman–Crippen LogP) is 6.35. The molecule has 11 heteroatoms. The van der Waals surface area contributed by atoms with E-state index in [1.807, 2.05) is 18.7 Å². The average molecular weight is 536 g/mol. The quantitative estimate of drug-likeness (QED) is 0.279. The molecular formula is C23H18Cl3FN6S. The lowest BCUT2D eigenvalue weighted by molar-refractivity contribution is 0.629. The van der Waals surface area contributed by atoms with Crippen molar-refractivity contribution < 1.29 is 4.39 Å². The van der Waals surface area contributed by atoms with Gasteiger partial charge in [-0.25, -0.2) is 24.0 Å². The van der Waals surface area contributed by atoms with Crippen molar-refractivity contribution in [2.45, 2.75) is 13.8 Å². The Kier molecular flexibility index (Phi) is 7.39. The number of hydrogen-bond donors (Lipinski definition) is 0. The van der Waals surface area contributed by atoms with Crippen LogP contribution in [0.1, 0.15) is 24.4 Å². The first-order valence-electron chi connectivity index (χ1n) is 10.3. The van der Waals surface area contributed by atoms with Crippen LogP contribution in [-0.4, -0.2) is 37.8 Å². The van der Waals surface area contributed by atoms with Gasteiger partial charge in [0, 0.05) is 26.3 Å². The van der Waals surface area contributed by atoms with Crippen LogP contribution >= 0.6 is 46.1 Å². The number of anilines is 1. The van der Waals surface area contributed by atoms with Gasteiger partial charge in [-0.15, -0.1) is 11.3 Å². The fraction of sp³-hybridized carbons (Fsp3) is 0.217. The Morgan fingerprint density at radius 1 is 1.06 bits per heavy atom. The van der Waals surface area contributed by atoms with E-state index in [9.17, 15) is 4.39 Å². The molecule has 0 aliphatic rings. The molecule has 34 heavy (non-hydrogen) atoms. The molecule has 4 aromatic rings. The van der Waals surface area contributed by atoms with Gasteiger partial charge in [0.15, 0.2) is 11.6 Å². The zero-order valence-electron chi connectivity index (χ0n) is 18.4. The maximum Gasteiger partial charge on any atom is 0.226 e. The molecule has 0 atom stereocenters. The van der Waals surface area contributed by atoms with E-state index < -0.39 is 5.82 Å². The smallest absolute Gasteiger partial charge is 0.226 e. The molecule has 3 aromatic heterocycles. The van der Waals surface area contributed by atoms with Crippen LogP contribution in [0.5, 0.6) is 0 Å². The fourth-order valence-corrected chi connectivity index (χ4v) is 5.08. The summed E-state index contributed by atoms with van der Waals surface area (Å²) in [6.07, 6.45) is 1.67. The van der Waals surface area contributed by atoms with E-state index >= 15 is 0 Å². The van der Waals surface area contributed by atoms with Gasteiger partial charge in [0.25, 0.3) is 0 Å². The summed E-state index contributed by atoms with van der Waals surface area (Å²) in [5.41, 5.74) is 0.687. The van der Waals surface area contributed by atoms with Crippen LogP contribution in [0.15, 0.2) is 30.5 Å². The van der Waals surface area contributed by atoms with Crippen molar-refractivity contribution in [2.75, 3.05) is 18.0 Å². The van der Waals surface area contributed by atoms with E-state index in [1.54, 1.807) is 25.4 Å². The van der Waals surface area contributed by atoms with E-state index in [4.69, 9.17) is 34.8 Å². The van der Waals surface area contributed by atoms with Crippen molar-refractivity contribution in [1.29, 1.82) is 0 Å². The maximum absolute atomic E-state index is 14.4. The monoisotopic (exact) mass is 534 g/mol. The summed E-state index contributed by atoms with van der Waals surface area (Å²) < 4.78 is 15.9. The summed E-state index contributed by atoms with van der Waals surface area (Å²) in [5, 5.41) is 5.14. The van der Waals surface area contributed by atoms with Crippen molar-refractivity contribution in [3.63, 3.8) is 0 Å². The zero-order valence-corrected chi connectivity index (χ0v) is 21.5. The molecule has 0 amide bonds. The number of aromatic nitrogens is 5. The lowest BCUT2D eigenvalue weighted by Gasteiger charge is -2.17. The molecule has 0 unspecified atom stereocenters. The second-order valence-corrected chi connectivity index (χ2v) is 9.22. The zero-order chi connectivity index (χ0) is 24.4. The number of thiophene rings is 1. The molecule has 0 fully saturated rings.